The third-order valence-electron chi connectivity index (χ3n) is 6.23. The van der Waals surface area contributed by atoms with Gasteiger partial charge in [0.15, 0.2) is 0 Å². The molecule has 1 heterocycles. The number of rotatable bonds is 5. The van der Waals surface area contributed by atoms with Crippen molar-refractivity contribution in [3.05, 3.63) is 90.0 Å². The number of methoxy groups -OCH3 is 1. The highest BCUT2D eigenvalue weighted by molar-refractivity contribution is 6.10. The van der Waals surface area contributed by atoms with Crippen LogP contribution in [0.1, 0.15) is 30.5 Å². The molecule has 166 valence electrons. The predicted octanol–water partition coefficient (Wildman–Crippen LogP) is 4.45. The van der Waals surface area contributed by atoms with Crippen LogP contribution in [0.25, 0.3) is 21.5 Å². The molecule has 0 spiro atoms. The molecule has 4 aromatic carbocycles. The van der Waals surface area contributed by atoms with Crippen LogP contribution in [0.3, 0.4) is 0 Å². The molecule has 0 saturated carbocycles. The molecule has 1 amide bonds. The average Bonchev–Trinajstić information content (AvgIpc) is 3.36. The molecule has 1 aliphatic rings. The summed E-state index contributed by atoms with van der Waals surface area (Å²) in [4.78, 5) is 12.9. The van der Waals surface area contributed by atoms with Crippen LogP contribution < -0.4 is 21.0 Å². The fourth-order valence-electron chi connectivity index (χ4n) is 4.55. The third-order valence-corrected chi connectivity index (χ3v) is 6.23. The minimum absolute atomic E-state index is 0.0649. The Hall–Kier alpha value is -3.74. The van der Waals surface area contributed by atoms with Gasteiger partial charge < -0.3 is 4.74 Å². The molecule has 6 nitrogen and oxygen atoms in total. The van der Waals surface area contributed by atoms with Gasteiger partial charge in [-0.2, -0.15) is 5.10 Å². The molecule has 0 bridgehead atoms. The highest BCUT2D eigenvalue weighted by Gasteiger charge is 2.32. The second-order valence-electron chi connectivity index (χ2n) is 8.23. The van der Waals surface area contributed by atoms with E-state index in [9.17, 15) is 4.79 Å². The summed E-state index contributed by atoms with van der Waals surface area (Å²) in [5.74, 6) is 0.627. The zero-order valence-electron chi connectivity index (χ0n) is 18.6. The number of fused-ring (bicyclic) bond motifs is 2. The molecular weight excluding hydrogens is 412 g/mol. The molecule has 4 aromatic rings. The molecule has 0 radical (unpaired) electrons. The molecule has 3 N–H and O–H groups in total. The molecule has 2 atom stereocenters. The predicted molar refractivity (Wildman–Crippen MR) is 132 cm³/mol. The second-order valence-corrected chi connectivity index (χ2v) is 8.23. The monoisotopic (exact) mass is 438 g/mol. The van der Waals surface area contributed by atoms with Gasteiger partial charge in [0.25, 0.3) is 5.91 Å². The summed E-state index contributed by atoms with van der Waals surface area (Å²) in [6, 6.07) is 26.0. The van der Waals surface area contributed by atoms with Crippen molar-refractivity contribution in [3.8, 4) is 5.75 Å². The average molecular weight is 439 g/mol. The van der Waals surface area contributed by atoms with Crippen molar-refractivity contribution in [1.82, 2.24) is 16.3 Å². The van der Waals surface area contributed by atoms with Gasteiger partial charge in [-0.1, -0.05) is 72.8 Å². The van der Waals surface area contributed by atoms with Gasteiger partial charge in [-0.25, -0.2) is 16.3 Å². The lowest BCUT2D eigenvalue weighted by molar-refractivity contribution is -0.122. The molecule has 2 unspecified atom stereocenters. The van der Waals surface area contributed by atoms with Gasteiger partial charge in [0.2, 0.25) is 0 Å². The van der Waals surface area contributed by atoms with E-state index in [1.807, 2.05) is 49.4 Å². The molecule has 1 fully saturated rings. The van der Waals surface area contributed by atoms with E-state index < -0.39 is 6.04 Å². The Labute approximate surface area is 192 Å². The smallest absolute Gasteiger partial charge is 0.258 e. The summed E-state index contributed by atoms with van der Waals surface area (Å²) in [6.45, 7) is 1.91. The topological polar surface area (TPSA) is 74.8 Å². The summed E-state index contributed by atoms with van der Waals surface area (Å²) in [7, 11) is 1.67. The largest absolute Gasteiger partial charge is 0.496 e. The van der Waals surface area contributed by atoms with E-state index in [0.29, 0.717) is 6.42 Å². The maximum absolute atomic E-state index is 12.9. The number of nitrogens with one attached hydrogen (secondary N) is 3. The minimum atomic E-state index is -0.414. The van der Waals surface area contributed by atoms with E-state index in [2.05, 4.69) is 57.8 Å². The number of nitrogens with zero attached hydrogens (tertiary/aromatic N) is 1. The number of hydrogen-bond acceptors (Lipinski definition) is 5. The summed E-state index contributed by atoms with van der Waals surface area (Å²) in [6.07, 6.45) is 0.582. The Morgan fingerprint density at radius 3 is 2.39 bits per heavy atom. The van der Waals surface area contributed by atoms with Crippen LogP contribution in [0, 0.1) is 0 Å². The molecule has 0 aromatic heterocycles. The third kappa shape index (κ3) is 4.06. The van der Waals surface area contributed by atoms with E-state index in [1.54, 1.807) is 7.11 Å². The number of carbonyl (C=O) groups is 1. The molecule has 5 rings (SSSR count). The van der Waals surface area contributed by atoms with E-state index >= 15 is 0 Å². The number of ether oxygens (including phenoxy) is 1. The summed E-state index contributed by atoms with van der Waals surface area (Å²) in [5, 5.41) is 8.90. The lowest BCUT2D eigenvalue weighted by Gasteiger charge is -2.17. The van der Waals surface area contributed by atoms with E-state index in [0.717, 1.165) is 44.1 Å². The number of carbonyl (C=O) groups excluding carboxylic acids is 1. The van der Waals surface area contributed by atoms with Crippen molar-refractivity contribution in [2.24, 2.45) is 5.10 Å². The van der Waals surface area contributed by atoms with Crippen LogP contribution in [0.15, 0.2) is 84.0 Å². The molecule has 6 heteroatoms. The van der Waals surface area contributed by atoms with Crippen LogP contribution in [0.2, 0.25) is 0 Å². The Morgan fingerprint density at radius 1 is 0.909 bits per heavy atom. The molecule has 33 heavy (non-hydrogen) atoms. The maximum atomic E-state index is 12.9. The standard InChI is InChI=1S/C27H26N4O2/c1-17(20-13-7-10-18-8-3-5-11-21(18)20)28-31-27(32)24-16-23(29-30-24)26-22-12-6-4-9-19(22)14-15-25(26)33-2/h3-15,23-24,29-30H,16H2,1-2H3,(H,31,32)/b28-17+. The number of benzene rings is 4. The van der Waals surface area contributed by atoms with Crippen molar-refractivity contribution in [1.29, 1.82) is 0 Å². The van der Waals surface area contributed by atoms with Crippen molar-refractivity contribution in [2.75, 3.05) is 7.11 Å². The summed E-state index contributed by atoms with van der Waals surface area (Å²) in [5.41, 5.74) is 12.0. The summed E-state index contributed by atoms with van der Waals surface area (Å²) >= 11 is 0. The molecule has 0 aliphatic carbocycles. The quantitative estimate of drug-likeness (QED) is 0.318. The zero-order chi connectivity index (χ0) is 22.8. The van der Waals surface area contributed by atoms with Gasteiger partial charge in [0.05, 0.1) is 18.9 Å². The lowest BCUT2D eigenvalue weighted by atomic mass is 9.95. The molecular formula is C27H26N4O2. The fraction of sp³-hybridized carbons (Fsp3) is 0.185. The van der Waals surface area contributed by atoms with Crippen LogP contribution in [-0.2, 0) is 4.79 Å². The zero-order valence-corrected chi connectivity index (χ0v) is 18.6. The van der Waals surface area contributed by atoms with Gasteiger partial charge in [-0.15, -0.1) is 0 Å². The lowest BCUT2D eigenvalue weighted by Crippen LogP contribution is -2.41. The molecule has 1 saturated heterocycles. The van der Waals surface area contributed by atoms with Gasteiger partial charge in [-0.3, -0.25) is 4.79 Å². The van der Waals surface area contributed by atoms with Crippen molar-refractivity contribution in [2.45, 2.75) is 25.4 Å². The Bertz CT molecular complexity index is 1360. The minimum Gasteiger partial charge on any atom is -0.496 e. The fourth-order valence-corrected chi connectivity index (χ4v) is 4.55. The number of hydrogen-bond donors (Lipinski definition) is 3. The Kier molecular flexibility index (Phi) is 5.77. The maximum Gasteiger partial charge on any atom is 0.258 e. The van der Waals surface area contributed by atoms with Crippen molar-refractivity contribution >= 4 is 33.2 Å². The number of hydrazine groups is 1. The van der Waals surface area contributed by atoms with Crippen LogP contribution >= 0.6 is 0 Å². The van der Waals surface area contributed by atoms with E-state index in [-0.39, 0.29) is 11.9 Å². The first-order valence-corrected chi connectivity index (χ1v) is 11.0. The first kappa shape index (κ1) is 21.1. The van der Waals surface area contributed by atoms with Gasteiger partial charge >= 0.3 is 0 Å². The second kappa shape index (κ2) is 9.02. The van der Waals surface area contributed by atoms with E-state index in [4.69, 9.17) is 4.74 Å². The molecule has 1 aliphatic heterocycles. The normalized spacial score (nSPS) is 18.5. The van der Waals surface area contributed by atoms with Gasteiger partial charge in [0, 0.05) is 11.1 Å². The number of hydrazone groups is 1. The summed E-state index contributed by atoms with van der Waals surface area (Å²) < 4.78 is 5.63. The number of amides is 1. The Balaban J connectivity index is 1.33. The van der Waals surface area contributed by atoms with Crippen LogP contribution in [-0.4, -0.2) is 24.8 Å². The Morgan fingerprint density at radius 2 is 1.61 bits per heavy atom. The highest BCUT2D eigenvalue weighted by Crippen LogP contribution is 2.36. The van der Waals surface area contributed by atoms with Crippen LogP contribution in [0.4, 0.5) is 0 Å². The van der Waals surface area contributed by atoms with Crippen molar-refractivity contribution in [3.63, 3.8) is 0 Å². The SMILES string of the molecule is COc1ccc2ccccc2c1C1CC(C(=O)N/N=C(\C)c2cccc3ccccc23)NN1. The first-order valence-electron chi connectivity index (χ1n) is 11.0. The first-order chi connectivity index (χ1) is 16.2. The highest BCUT2D eigenvalue weighted by atomic mass is 16.5. The van der Waals surface area contributed by atoms with Gasteiger partial charge in [0.1, 0.15) is 11.8 Å². The van der Waals surface area contributed by atoms with Crippen molar-refractivity contribution < 1.29 is 9.53 Å². The van der Waals surface area contributed by atoms with Gasteiger partial charge in [-0.05, 0) is 41.0 Å². The van der Waals surface area contributed by atoms with E-state index in [1.165, 1.54) is 0 Å². The van der Waals surface area contributed by atoms with Crippen LogP contribution in [0.5, 0.6) is 5.75 Å².